The quantitative estimate of drug-likeness (QED) is 0.415. The van der Waals surface area contributed by atoms with E-state index in [-0.39, 0.29) is 11.7 Å². The number of carbonyl (C=O) groups excluding carboxylic acids is 1. The maximum atomic E-state index is 12.5. The lowest BCUT2D eigenvalue weighted by atomic mass is 9.98. The molecular formula is C20H22BrN5OS. The summed E-state index contributed by atoms with van der Waals surface area (Å²) in [6.07, 6.45) is 0. The van der Waals surface area contributed by atoms with E-state index in [1.807, 2.05) is 49.4 Å². The first kappa shape index (κ1) is 20.4. The molecule has 0 radical (unpaired) electrons. The number of rotatable bonds is 6. The Labute approximate surface area is 177 Å². The van der Waals surface area contributed by atoms with E-state index in [0.717, 1.165) is 26.9 Å². The smallest absolute Gasteiger partial charge is 0.234 e. The molecule has 1 aromatic heterocycles. The van der Waals surface area contributed by atoms with Gasteiger partial charge in [0, 0.05) is 15.7 Å². The van der Waals surface area contributed by atoms with Gasteiger partial charge in [0.25, 0.3) is 0 Å². The topological polar surface area (TPSA) is 85.8 Å². The number of benzene rings is 2. The normalized spacial score (nSPS) is 11.0. The standard InChI is InChI=1S/C20H22BrN5OS/c1-12(2)14-9-6-7-13(3)18(14)23-17(27)11-28-20-25-24-19(26(20)22)15-8-4-5-10-16(15)21/h4-10,12H,11,22H2,1-3H3,(H,23,27). The summed E-state index contributed by atoms with van der Waals surface area (Å²) in [5.74, 6) is 7.10. The molecule has 0 aliphatic rings. The van der Waals surface area contributed by atoms with Crippen LogP contribution in [0.3, 0.4) is 0 Å². The minimum absolute atomic E-state index is 0.105. The molecule has 0 bridgehead atoms. The Morgan fingerprint density at radius 3 is 2.68 bits per heavy atom. The van der Waals surface area contributed by atoms with Crippen LogP contribution in [0.5, 0.6) is 0 Å². The van der Waals surface area contributed by atoms with Crippen LogP contribution >= 0.6 is 27.7 Å². The molecule has 0 aliphatic carbocycles. The number of para-hydroxylation sites is 1. The van der Waals surface area contributed by atoms with Gasteiger partial charge in [-0.2, -0.15) is 0 Å². The zero-order valence-corrected chi connectivity index (χ0v) is 18.3. The number of anilines is 1. The van der Waals surface area contributed by atoms with Crippen molar-refractivity contribution in [1.29, 1.82) is 0 Å². The summed E-state index contributed by atoms with van der Waals surface area (Å²) in [4.78, 5) is 12.5. The molecule has 146 valence electrons. The predicted molar refractivity (Wildman–Crippen MR) is 118 cm³/mol. The van der Waals surface area contributed by atoms with Crippen molar-refractivity contribution < 1.29 is 4.79 Å². The summed E-state index contributed by atoms with van der Waals surface area (Å²) in [6.45, 7) is 6.22. The van der Waals surface area contributed by atoms with Crippen LogP contribution in [0.15, 0.2) is 52.1 Å². The highest BCUT2D eigenvalue weighted by Gasteiger charge is 2.17. The maximum Gasteiger partial charge on any atom is 0.234 e. The molecular weight excluding hydrogens is 438 g/mol. The van der Waals surface area contributed by atoms with Crippen molar-refractivity contribution in [1.82, 2.24) is 14.9 Å². The first-order valence-corrected chi connectivity index (χ1v) is 10.6. The number of nitrogen functional groups attached to an aromatic ring is 1. The van der Waals surface area contributed by atoms with E-state index in [1.165, 1.54) is 16.4 Å². The fraction of sp³-hybridized carbons (Fsp3) is 0.250. The monoisotopic (exact) mass is 459 g/mol. The van der Waals surface area contributed by atoms with Crippen LogP contribution in [0.1, 0.15) is 30.9 Å². The molecule has 0 spiro atoms. The number of nitrogens with one attached hydrogen (secondary N) is 1. The van der Waals surface area contributed by atoms with E-state index in [9.17, 15) is 4.79 Å². The van der Waals surface area contributed by atoms with Crippen LogP contribution in [0.2, 0.25) is 0 Å². The number of aryl methyl sites for hydroxylation is 1. The zero-order valence-electron chi connectivity index (χ0n) is 15.9. The SMILES string of the molecule is Cc1cccc(C(C)C)c1NC(=O)CSc1nnc(-c2ccccc2Br)n1N. The number of thioether (sulfide) groups is 1. The summed E-state index contributed by atoms with van der Waals surface area (Å²) >= 11 is 4.75. The molecule has 0 aliphatic heterocycles. The zero-order chi connectivity index (χ0) is 20.3. The fourth-order valence-electron chi connectivity index (χ4n) is 2.85. The molecule has 0 atom stereocenters. The summed E-state index contributed by atoms with van der Waals surface area (Å²) in [5.41, 5.74) is 3.89. The Morgan fingerprint density at radius 2 is 1.96 bits per heavy atom. The van der Waals surface area contributed by atoms with Gasteiger partial charge in [-0.15, -0.1) is 10.2 Å². The van der Waals surface area contributed by atoms with Gasteiger partial charge in [0.2, 0.25) is 11.1 Å². The van der Waals surface area contributed by atoms with Crippen molar-refractivity contribution in [2.45, 2.75) is 31.8 Å². The molecule has 0 saturated carbocycles. The average Bonchev–Trinajstić information content (AvgIpc) is 3.02. The number of amides is 1. The van der Waals surface area contributed by atoms with E-state index in [4.69, 9.17) is 5.84 Å². The summed E-state index contributed by atoms with van der Waals surface area (Å²) in [6, 6.07) is 13.7. The van der Waals surface area contributed by atoms with Gasteiger partial charge in [-0.25, -0.2) is 4.68 Å². The van der Waals surface area contributed by atoms with Gasteiger partial charge >= 0.3 is 0 Å². The van der Waals surface area contributed by atoms with Crippen LogP contribution in [0.25, 0.3) is 11.4 Å². The molecule has 3 N–H and O–H groups in total. The molecule has 1 amide bonds. The first-order valence-electron chi connectivity index (χ1n) is 8.86. The molecule has 28 heavy (non-hydrogen) atoms. The van der Waals surface area contributed by atoms with Crippen LogP contribution in [-0.2, 0) is 4.79 Å². The lowest BCUT2D eigenvalue weighted by Crippen LogP contribution is -2.18. The van der Waals surface area contributed by atoms with E-state index < -0.39 is 0 Å². The number of nitrogens with zero attached hydrogens (tertiary/aromatic N) is 3. The highest BCUT2D eigenvalue weighted by atomic mass is 79.9. The lowest BCUT2D eigenvalue weighted by molar-refractivity contribution is -0.113. The third-order valence-electron chi connectivity index (χ3n) is 4.30. The second-order valence-corrected chi connectivity index (χ2v) is 8.48. The highest BCUT2D eigenvalue weighted by Crippen LogP contribution is 2.29. The van der Waals surface area contributed by atoms with Crippen molar-refractivity contribution in [2.24, 2.45) is 0 Å². The third-order valence-corrected chi connectivity index (χ3v) is 5.94. The van der Waals surface area contributed by atoms with Gasteiger partial charge < -0.3 is 11.2 Å². The molecule has 0 saturated heterocycles. The minimum Gasteiger partial charge on any atom is -0.335 e. The second kappa shape index (κ2) is 8.79. The Hall–Kier alpha value is -2.32. The van der Waals surface area contributed by atoms with E-state index in [2.05, 4.69) is 45.3 Å². The molecule has 1 heterocycles. The second-order valence-electron chi connectivity index (χ2n) is 6.69. The van der Waals surface area contributed by atoms with Crippen LogP contribution in [-0.4, -0.2) is 26.5 Å². The summed E-state index contributed by atoms with van der Waals surface area (Å²) in [7, 11) is 0. The van der Waals surface area contributed by atoms with E-state index >= 15 is 0 Å². The van der Waals surface area contributed by atoms with Gasteiger partial charge in [-0.3, -0.25) is 4.79 Å². The van der Waals surface area contributed by atoms with Crippen LogP contribution < -0.4 is 11.2 Å². The van der Waals surface area contributed by atoms with E-state index in [1.54, 1.807) is 0 Å². The highest BCUT2D eigenvalue weighted by molar-refractivity contribution is 9.10. The molecule has 6 nitrogen and oxygen atoms in total. The number of aromatic nitrogens is 3. The average molecular weight is 460 g/mol. The number of carbonyl (C=O) groups is 1. The van der Waals surface area contributed by atoms with Crippen molar-refractivity contribution in [3.05, 3.63) is 58.1 Å². The molecule has 3 rings (SSSR count). The number of nitrogens with two attached hydrogens (primary N) is 1. The molecule has 2 aromatic carbocycles. The maximum absolute atomic E-state index is 12.5. The number of hydrogen-bond donors (Lipinski definition) is 2. The van der Waals surface area contributed by atoms with Crippen molar-refractivity contribution in [2.75, 3.05) is 16.9 Å². The van der Waals surface area contributed by atoms with Crippen molar-refractivity contribution in [3.63, 3.8) is 0 Å². The fourth-order valence-corrected chi connectivity index (χ4v) is 3.97. The molecule has 8 heteroatoms. The third kappa shape index (κ3) is 4.39. The first-order chi connectivity index (χ1) is 13.4. The van der Waals surface area contributed by atoms with Crippen molar-refractivity contribution in [3.8, 4) is 11.4 Å². The van der Waals surface area contributed by atoms with Gasteiger partial charge in [-0.05, 0) is 36.1 Å². The Bertz CT molecular complexity index is 1000. The van der Waals surface area contributed by atoms with Gasteiger partial charge in [-0.1, -0.05) is 71.9 Å². The van der Waals surface area contributed by atoms with Gasteiger partial charge in [0.15, 0.2) is 5.82 Å². The van der Waals surface area contributed by atoms with Gasteiger partial charge in [0.1, 0.15) is 0 Å². The summed E-state index contributed by atoms with van der Waals surface area (Å²) < 4.78 is 2.29. The minimum atomic E-state index is -0.105. The van der Waals surface area contributed by atoms with Gasteiger partial charge in [0.05, 0.1) is 5.75 Å². The Kier molecular flexibility index (Phi) is 6.41. The molecule has 3 aromatic rings. The van der Waals surface area contributed by atoms with Crippen LogP contribution in [0, 0.1) is 6.92 Å². The lowest BCUT2D eigenvalue weighted by Gasteiger charge is -2.16. The Morgan fingerprint density at radius 1 is 1.21 bits per heavy atom. The van der Waals surface area contributed by atoms with Crippen molar-refractivity contribution >= 4 is 39.3 Å². The number of hydrogen-bond acceptors (Lipinski definition) is 5. The molecule has 0 unspecified atom stereocenters. The predicted octanol–water partition coefficient (Wildman–Crippen LogP) is 4.58. The largest absolute Gasteiger partial charge is 0.335 e. The molecule has 0 fully saturated rings. The number of halogens is 1. The Balaban J connectivity index is 1.71. The van der Waals surface area contributed by atoms with E-state index in [0.29, 0.717) is 16.9 Å². The summed E-state index contributed by atoms with van der Waals surface area (Å²) in [5, 5.41) is 11.8. The van der Waals surface area contributed by atoms with Crippen LogP contribution in [0.4, 0.5) is 5.69 Å².